The summed E-state index contributed by atoms with van der Waals surface area (Å²) in [6, 6.07) is 18.1. The zero-order valence-electron chi connectivity index (χ0n) is 12.4. The largest absolute Gasteiger partial charge is 0.388 e. The molecule has 3 heteroatoms. The van der Waals surface area contributed by atoms with Crippen LogP contribution >= 0.6 is 0 Å². The van der Waals surface area contributed by atoms with E-state index in [2.05, 4.69) is 19.1 Å². The SMILES string of the molecule is Cc1ccc(COCC(O)COCc2ccccc2)cc1. The molecule has 1 unspecified atom stereocenters. The van der Waals surface area contributed by atoms with Gasteiger partial charge in [0.05, 0.1) is 26.4 Å². The molecule has 1 N–H and O–H groups in total. The summed E-state index contributed by atoms with van der Waals surface area (Å²) >= 11 is 0. The summed E-state index contributed by atoms with van der Waals surface area (Å²) in [6.07, 6.45) is -0.598. The first-order chi connectivity index (χ1) is 10.2. The van der Waals surface area contributed by atoms with Gasteiger partial charge in [-0.25, -0.2) is 0 Å². The Balaban J connectivity index is 1.59. The van der Waals surface area contributed by atoms with Gasteiger partial charge in [0.25, 0.3) is 0 Å². The Morgan fingerprint density at radius 2 is 1.33 bits per heavy atom. The molecule has 0 fully saturated rings. The van der Waals surface area contributed by atoms with Crippen molar-refractivity contribution >= 4 is 0 Å². The van der Waals surface area contributed by atoms with Crippen molar-refractivity contribution in [2.24, 2.45) is 0 Å². The molecule has 0 aliphatic heterocycles. The Hall–Kier alpha value is -1.68. The van der Waals surface area contributed by atoms with Crippen LogP contribution in [-0.4, -0.2) is 24.4 Å². The van der Waals surface area contributed by atoms with Gasteiger partial charge in [0, 0.05) is 0 Å². The normalized spacial score (nSPS) is 12.3. The molecule has 0 aromatic heterocycles. The standard InChI is InChI=1S/C18H22O3/c1-15-7-9-17(10-8-15)12-21-14-18(19)13-20-11-16-5-3-2-4-6-16/h2-10,18-19H,11-14H2,1H3. The summed E-state index contributed by atoms with van der Waals surface area (Å²) in [5.74, 6) is 0. The van der Waals surface area contributed by atoms with Gasteiger partial charge in [0.15, 0.2) is 0 Å². The van der Waals surface area contributed by atoms with Crippen LogP contribution in [0.25, 0.3) is 0 Å². The molecule has 0 amide bonds. The molecule has 0 aliphatic carbocycles. The average Bonchev–Trinajstić information content (AvgIpc) is 2.50. The number of hydrogen-bond acceptors (Lipinski definition) is 3. The highest BCUT2D eigenvalue weighted by atomic mass is 16.5. The van der Waals surface area contributed by atoms with Gasteiger partial charge in [-0.3, -0.25) is 0 Å². The van der Waals surface area contributed by atoms with Gasteiger partial charge in [-0.05, 0) is 18.1 Å². The highest BCUT2D eigenvalue weighted by molar-refractivity contribution is 5.20. The van der Waals surface area contributed by atoms with E-state index >= 15 is 0 Å². The molecule has 0 radical (unpaired) electrons. The van der Waals surface area contributed by atoms with Crippen molar-refractivity contribution in [1.82, 2.24) is 0 Å². The lowest BCUT2D eigenvalue weighted by molar-refractivity contribution is -0.0276. The topological polar surface area (TPSA) is 38.7 Å². The molecule has 2 aromatic carbocycles. The van der Waals surface area contributed by atoms with E-state index in [9.17, 15) is 5.11 Å². The van der Waals surface area contributed by atoms with Gasteiger partial charge in [-0.2, -0.15) is 0 Å². The van der Waals surface area contributed by atoms with Gasteiger partial charge >= 0.3 is 0 Å². The maximum atomic E-state index is 9.80. The quantitative estimate of drug-likeness (QED) is 0.810. The first-order valence-electron chi connectivity index (χ1n) is 7.17. The number of ether oxygens (including phenoxy) is 2. The third-order valence-corrected chi connectivity index (χ3v) is 3.12. The van der Waals surface area contributed by atoms with E-state index in [1.807, 2.05) is 42.5 Å². The van der Waals surface area contributed by atoms with Crippen molar-refractivity contribution in [2.75, 3.05) is 13.2 Å². The predicted octanol–water partition coefficient (Wildman–Crippen LogP) is 3.09. The van der Waals surface area contributed by atoms with Crippen molar-refractivity contribution < 1.29 is 14.6 Å². The Labute approximate surface area is 126 Å². The third-order valence-electron chi connectivity index (χ3n) is 3.12. The Morgan fingerprint density at radius 1 is 0.810 bits per heavy atom. The molecular weight excluding hydrogens is 264 g/mol. The minimum atomic E-state index is -0.598. The zero-order chi connectivity index (χ0) is 14.9. The number of aryl methyl sites for hydroxylation is 1. The van der Waals surface area contributed by atoms with Crippen LogP contribution in [0.4, 0.5) is 0 Å². The summed E-state index contributed by atoms with van der Waals surface area (Å²) in [5.41, 5.74) is 3.44. The van der Waals surface area contributed by atoms with Crippen LogP contribution in [0, 0.1) is 6.92 Å². The summed E-state index contributed by atoms with van der Waals surface area (Å²) in [5, 5.41) is 9.80. The minimum Gasteiger partial charge on any atom is -0.388 e. The lowest BCUT2D eigenvalue weighted by Crippen LogP contribution is -2.21. The van der Waals surface area contributed by atoms with E-state index in [0.717, 1.165) is 11.1 Å². The van der Waals surface area contributed by atoms with E-state index in [0.29, 0.717) is 13.2 Å². The van der Waals surface area contributed by atoms with Crippen LogP contribution in [0.5, 0.6) is 0 Å². The Bertz CT molecular complexity index is 508. The zero-order valence-corrected chi connectivity index (χ0v) is 12.4. The number of aliphatic hydroxyl groups excluding tert-OH is 1. The van der Waals surface area contributed by atoms with E-state index in [4.69, 9.17) is 9.47 Å². The molecule has 2 rings (SSSR count). The van der Waals surface area contributed by atoms with Crippen molar-refractivity contribution in [3.8, 4) is 0 Å². The van der Waals surface area contributed by atoms with Crippen LogP contribution in [0.1, 0.15) is 16.7 Å². The number of rotatable bonds is 8. The molecule has 0 saturated heterocycles. The van der Waals surface area contributed by atoms with Crippen molar-refractivity contribution in [1.29, 1.82) is 0 Å². The molecule has 0 bridgehead atoms. The predicted molar refractivity (Wildman–Crippen MR) is 82.9 cm³/mol. The lowest BCUT2D eigenvalue weighted by atomic mass is 10.2. The summed E-state index contributed by atoms with van der Waals surface area (Å²) in [7, 11) is 0. The number of hydrogen-bond donors (Lipinski definition) is 1. The summed E-state index contributed by atoms with van der Waals surface area (Å²) < 4.78 is 11.0. The van der Waals surface area contributed by atoms with Crippen LogP contribution in [0.15, 0.2) is 54.6 Å². The summed E-state index contributed by atoms with van der Waals surface area (Å²) in [4.78, 5) is 0. The first kappa shape index (κ1) is 15.7. The fraction of sp³-hybridized carbons (Fsp3) is 0.333. The Morgan fingerprint density at radius 3 is 1.90 bits per heavy atom. The van der Waals surface area contributed by atoms with Gasteiger partial charge in [-0.15, -0.1) is 0 Å². The van der Waals surface area contributed by atoms with Gasteiger partial charge < -0.3 is 14.6 Å². The third kappa shape index (κ3) is 6.08. The molecule has 1 atom stereocenters. The molecule has 0 aliphatic rings. The van der Waals surface area contributed by atoms with Crippen molar-refractivity contribution in [3.63, 3.8) is 0 Å². The summed E-state index contributed by atoms with van der Waals surface area (Å²) in [6.45, 7) is 3.63. The van der Waals surface area contributed by atoms with Crippen molar-refractivity contribution in [2.45, 2.75) is 26.2 Å². The number of aliphatic hydroxyl groups is 1. The molecular formula is C18H22O3. The van der Waals surface area contributed by atoms with E-state index in [1.165, 1.54) is 5.56 Å². The van der Waals surface area contributed by atoms with Crippen LogP contribution < -0.4 is 0 Å². The number of benzene rings is 2. The first-order valence-corrected chi connectivity index (χ1v) is 7.17. The molecule has 112 valence electrons. The molecule has 2 aromatic rings. The monoisotopic (exact) mass is 286 g/mol. The molecule has 0 spiro atoms. The van der Waals surface area contributed by atoms with Gasteiger partial charge in [0.1, 0.15) is 6.10 Å². The van der Waals surface area contributed by atoms with E-state index in [1.54, 1.807) is 0 Å². The molecule has 0 saturated carbocycles. The van der Waals surface area contributed by atoms with Gasteiger partial charge in [-0.1, -0.05) is 60.2 Å². The second-order valence-corrected chi connectivity index (χ2v) is 5.16. The second kappa shape index (κ2) is 8.57. The Kier molecular flexibility index (Phi) is 6.41. The average molecular weight is 286 g/mol. The van der Waals surface area contributed by atoms with Crippen LogP contribution in [0.2, 0.25) is 0 Å². The highest BCUT2D eigenvalue weighted by Crippen LogP contribution is 2.05. The van der Waals surface area contributed by atoms with E-state index in [-0.39, 0.29) is 13.2 Å². The smallest absolute Gasteiger partial charge is 0.101 e. The fourth-order valence-electron chi connectivity index (χ4n) is 1.93. The van der Waals surface area contributed by atoms with Crippen LogP contribution in [0.3, 0.4) is 0 Å². The minimum absolute atomic E-state index is 0.280. The van der Waals surface area contributed by atoms with Crippen LogP contribution in [-0.2, 0) is 22.7 Å². The van der Waals surface area contributed by atoms with E-state index < -0.39 is 6.10 Å². The second-order valence-electron chi connectivity index (χ2n) is 5.16. The maximum Gasteiger partial charge on any atom is 0.101 e. The van der Waals surface area contributed by atoms with Crippen molar-refractivity contribution in [3.05, 3.63) is 71.3 Å². The van der Waals surface area contributed by atoms with Gasteiger partial charge in [0.2, 0.25) is 0 Å². The fourth-order valence-corrected chi connectivity index (χ4v) is 1.93. The molecule has 0 heterocycles. The molecule has 3 nitrogen and oxygen atoms in total. The molecule has 21 heavy (non-hydrogen) atoms. The lowest BCUT2D eigenvalue weighted by Gasteiger charge is -2.12. The highest BCUT2D eigenvalue weighted by Gasteiger charge is 2.05. The maximum absolute atomic E-state index is 9.80.